The summed E-state index contributed by atoms with van der Waals surface area (Å²) in [4.78, 5) is 24.7. The third-order valence-electron chi connectivity index (χ3n) is 13.0. The zero-order chi connectivity index (χ0) is 39.8. The topological polar surface area (TPSA) is 117 Å². The molecule has 1 saturated carbocycles. The number of methoxy groups -OCH3 is 2. The van der Waals surface area contributed by atoms with Gasteiger partial charge in [0.2, 0.25) is 17.5 Å². The minimum atomic E-state index is -4.87. The number of likely N-dealkylation sites (tertiary alicyclic amines) is 1. The second-order valence-electron chi connectivity index (χ2n) is 16.2. The molecule has 4 aromatic rings. The fraction of sp³-hybridized carbons (Fsp3) is 0.465. The van der Waals surface area contributed by atoms with E-state index in [9.17, 15) is 28.2 Å². The van der Waals surface area contributed by atoms with Crippen LogP contribution >= 0.6 is 11.6 Å². The van der Waals surface area contributed by atoms with Gasteiger partial charge in [0.25, 0.3) is 0 Å². The Bertz CT molecular complexity index is 2240. The summed E-state index contributed by atoms with van der Waals surface area (Å²) in [7, 11) is 3.00. The van der Waals surface area contributed by atoms with Crippen molar-refractivity contribution in [3.63, 3.8) is 0 Å². The van der Waals surface area contributed by atoms with Crippen molar-refractivity contribution in [2.24, 2.45) is 5.41 Å². The van der Waals surface area contributed by atoms with Crippen LogP contribution < -0.4 is 14.2 Å². The lowest BCUT2D eigenvalue weighted by atomic mass is 9.67. The highest BCUT2D eigenvalue weighted by Crippen LogP contribution is 2.50. The van der Waals surface area contributed by atoms with E-state index in [4.69, 9.17) is 25.8 Å². The standard InChI is InChI=1S/C43H44ClF3N4O6/c1-55-35-18-24(17-23-9-11-33(36(23)35)50-19-26(52)20-50)27-5-3-8-31(37(27)44)28-6-4-7-30-29(28)10-12-34(30)57-40-38(43(45,46)47)48-32(39(49-40)56-2)21-51-22-42(41(53)54)15-13-25(51)14-16-42/h3-8,17-18,25-26,33-34,52H,9-16,19-22H2,1-2H3,(H,53,54). The van der Waals surface area contributed by atoms with Crippen LogP contribution in [0.3, 0.4) is 0 Å². The van der Waals surface area contributed by atoms with E-state index >= 15 is 0 Å². The second-order valence-corrected chi connectivity index (χ2v) is 16.5. The summed E-state index contributed by atoms with van der Waals surface area (Å²) in [6.45, 7) is 1.53. The Balaban J connectivity index is 1.00. The van der Waals surface area contributed by atoms with Crippen LogP contribution in [0.2, 0.25) is 5.02 Å². The van der Waals surface area contributed by atoms with Crippen molar-refractivity contribution in [3.05, 3.63) is 87.2 Å². The highest BCUT2D eigenvalue weighted by molar-refractivity contribution is 6.36. The molecule has 4 heterocycles. The first-order chi connectivity index (χ1) is 27.4. The van der Waals surface area contributed by atoms with Gasteiger partial charge in [-0.25, -0.2) is 4.98 Å². The molecule has 10 rings (SSSR count). The molecule has 6 aliphatic rings. The fourth-order valence-corrected chi connectivity index (χ4v) is 10.4. The average Bonchev–Trinajstić information content (AvgIpc) is 3.81. The summed E-state index contributed by atoms with van der Waals surface area (Å²) in [6, 6.07) is 16.1. The zero-order valence-corrected chi connectivity index (χ0v) is 32.5. The van der Waals surface area contributed by atoms with E-state index in [1.807, 2.05) is 47.4 Å². The molecule has 2 unspecified atom stereocenters. The summed E-state index contributed by atoms with van der Waals surface area (Å²) in [5.74, 6) is -0.828. The molecular weight excluding hydrogens is 761 g/mol. The molecule has 1 aromatic heterocycles. The van der Waals surface area contributed by atoms with Crippen LogP contribution in [0.5, 0.6) is 17.5 Å². The molecule has 2 atom stereocenters. The Morgan fingerprint density at radius 2 is 1.68 bits per heavy atom. The number of carbonyl (C=O) groups is 1. The van der Waals surface area contributed by atoms with Crippen molar-refractivity contribution in [2.75, 3.05) is 33.9 Å². The summed E-state index contributed by atoms with van der Waals surface area (Å²) in [5.41, 5.74) is 5.34. The van der Waals surface area contributed by atoms with Crippen molar-refractivity contribution in [3.8, 4) is 39.8 Å². The minimum Gasteiger partial charge on any atom is -0.496 e. The van der Waals surface area contributed by atoms with Crippen LogP contribution in [0, 0.1) is 5.41 Å². The lowest BCUT2D eigenvalue weighted by molar-refractivity contribution is -0.160. The molecule has 3 saturated heterocycles. The number of carboxylic acid groups (broad SMARTS) is 1. The fourth-order valence-electron chi connectivity index (χ4n) is 10.1. The number of piperidine rings is 2. The predicted octanol–water partition coefficient (Wildman–Crippen LogP) is 8.06. The summed E-state index contributed by atoms with van der Waals surface area (Å²) < 4.78 is 61.6. The molecule has 0 spiro atoms. The Morgan fingerprint density at radius 1 is 0.947 bits per heavy atom. The van der Waals surface area contributed by atoms with Crippen LogP contribution in [-0.4, -0.2) is 81.9 Å². The molecule has 0 amide bonds. The predicted molar refractivity (Wildman–Crippen MR) is 206 cm³/mol. The maximum Gasteiger partial charge on any atom is 0.438 e. The SMILES string of the molecule is COc1cc(-c2cccc(-c3cccc4c3CCC4Oc3nc(OC)c(CN4CC5(C(=O)O)CCC4CC5)nc3C(F)(F)F)c2Cl)cc2c1C(N1CC(O)C1)CC2. The minimum absolute atomic E-state index is 0.00863. The van der Waals surface area contributed by atoms with E-state index in [0.717, 1.165) is 52.0 Å². The number of halogens is 4. The van der Waals surface area contributed by atoms with Crippen molar-refractivity contribution >= 4 is 17.6 Å². The molecule has 57 heavy (non-hydrogen) atoms. The molecule has 10 nitrogen and oxygen atoms in total. The van der Waals surface area contributed by atoms with E-state index in [-0.39, 0.29) is 42.9 Å². The molecule has 2 bridgehead atoms. The van der Waals surface area contributed by atoms with E-state index in [1.54, 1.807) is 7.11 Å². The molecule has 0 radical (unpaired) electrons. The number of ether oxygens (including phenoxy) is 3. The number of aliphatic carboxylic acids is 1. The monoisotopic (exact) mass is 804 g/mol. The van der Waals surface area contributed by atoms with E-state index in [0.29, 0.717) is 56.6 Å². The number of alkyl halides is 3. The number of aryl methyl sites for hydroxylation is 1. The number of aliphatic hydroxyl groups is 1. The van der Waals surface area contributed by atoms with Crippen LogP contribution in [0.15, 0.2) is 48.5 Å². The van der Waals surface area contributed by atoms with Crippen molar-refractivity contribution in [2.45, 2.75) is 88.4 Å². The quantitative estimate of drug-likeness (QED) is 0.163. The van der Waals surface area contributed by atoms with Gasteiger partial charge in [-0.15, -0.1) is 0 Å². The molecule has 2 N–H and O–H groups in total. The van der Waals surface area contributed by atoms with Crippen LogP contribution in [-0.2, 0) is 30.4 Å². The van der Waals surface area contributed by atoms with Crippen molar-refractivity contribution in [1.82, 2.24) is 19.8 Å². The first-order valence-corrected chi connectivity index (χ1v) is 20.0. The number of β-amino-alcohol motifs (C(OH)–C–C–N with tert-alkyl or cyclic N) is 1. The van der Waals surface area contributed by atoms with Crippen LogP contribution in [0.4, 0.5) is 13.2 Å². The van der Waals surface area contributed by atoms with E-state index < -0.39 is 35.2 Å². The van der Waals surface area contributed by atoms with Gasteiger partial charge < -0.3 is 24.4 Å². The smallest absolute Gasteiger partial charge is 0.438 e. The van der Waals surface area contributed by atoms with Gasteiger partial charge in [0, 0.05) is 55.0 Å². The third-order valence-corrected chi connectivity index (χ3v) is 13.4. The summed E-state index contributed by atoms with van der Waals surface area (Å²) in [5, 5.41) is 20.4. The number of aromatic nitrogens is 2. The first kappa shape index (κ1) is 38.1. The zero-order valence-electron chi connectivity index (χ0n) is 31.7. The molecule has 3 aliphatic heterocycles. The molecule has 300 valence electrons. The van der Waals surface area contributed by atoms with Crippen molar-refractivity contribution < 1.29 is 42.4 Å². The van der Waals surface area contributed by atoms with Gasteiger partial charge in [-0.1, -0.05) is 54.1 Å². The number of aliphatic hydroxyl groups excluding tert-OH is 1. The lowest BCUT2D eigenvalue weighted by Crippen LogP contribution is -2.56. The molecular formula is C43H44ClF3N4O6. The van der Waals surface area contributed by atoms with Gasteiger partial charge in [-0.05, 0) is 85.3 Å². The number of hydrogen-bond acceptors (Lipinski definition) is 9. The second kappa shape index (κ2) is 14.4. The van der Waals surface area contributed by atoms with E-state index in [1.165, 1.54) is 18.2 Å². The van der Waals surface area contributed by atoms with Gasteiger partial charge in [-0.3, -0.25) is 14.6 Å². The van der Waals surface area contributed by atoms with Gasteiger partial charge in [0.1, 0.15) is 17.5 Å². The molecule has 14 heteroatoms. The van der Waals surface area contributed by atoms with E-state index in [2.05, 4.69) is 20.9 Å². The third kappa shape index (κ3) is 6.60. The number of nitrogens with zero attached hydrogens (tertiary/aromatic N) is 4. The number of benzene rings is 3. The molecule has 3 aromatic carbocycles. The summed E-state index contributed by atoms with van der Waals surface area (Å²) >= 11 is 7.25. The number of carboxylic acids is 1. The van der Waals surface area contributed by atoms with Gasteiger partial charge >= 0.3 is 12.1 Å². The maximum absolute atomic E-state index is 14.7. The Kier molecular flexibility index (Phi) is 9.65. The number of fused-ring (bicyclic) bond motifs is 5. The normalized spacial score (nSPS) is 24.6. The Morgan fingerprint density at radius 3 is 2.39 bits per heavy atom. The molecule has 3 aliphatic carbocycles. The van der Waals surface area contributed by atoms with Gasteiger partial charge in [0.15, 0.2) is 0 Å². The van der Waals surface area contributed by atoms with Crippen LogP contribution in [0.25, 0.3) is 22.3 Å². The highest BCUT2D eigenvalue weighted by atomic mass is 35.5. The first-order valence-electron chi connectivity index (χ1n) is 19.6. The molecule has 4 fully saturated rings. The largest absolute Gasteiger partial charge is 0.496 e. The average molecular weight is 805 g/mol. The van der Waals surface area contributed by atoms with Gasteiger partial charge in [0.05, 0.1) is 30.8 Å². The van der Waals surface area contributed by atoms with Crippen LogP contribution in [0.1, 0.15) is 84.3 Å². The summed E-state index contributed by atoms with van der Waals surface area (Å²) in [6.07, 6.45) is -0.683. The Hall–Kier alpha value is -4.43. The highest BCUT2D eigenvalue weighted by Gasteiger charge is 2.50. The maximum atomic E-state index is 14.7. The number of hydrogen-bond donors (Lipinski definition) is 2. The number of rotatable bonds is 10. The lowest BCUT2D eigenvalue weighted by Gasteiger charge is -2.50. The van der Waals surface area contributed by atoms with Gasteiger partial charge in [-0.2, -0.15) is 18.2 Å². The van der Waals surface area contributed by atoms with Crippen molar-refractivity contribution in [1.29, 1.82) is 0 Å². The Labute approximate surface area is 333 Å².